The molecule has 0 saturated carbocycles. The lowest BCUT2D eigenvalue weighted by Crippen LogP contribution is -2.24. The molecule has 1 N–H and O–H groups in total. The average molecular weight is 275 g/mol. The molecule has 0 aliphatic heterocycles. The molecule has 1 heterocycles. The summed E-state index contributed by atoms with van der Waals surface area (Å²) >= 11 is 0. The monoisotopic (exact) mass is 275 g/mol. The molecule has 0 saturated heterocycles. The standard InChI is InChI=1S/C15H18FN3O/c1-3-6-19-15(13-10-17-7-8-18-13)12-9-11(16)4-5-14(12)20-2/h4-5,7-10,15,19H,3,6H2,1-2H3. The molecule has 2 rings (SSSR count). The van der Waals surface area contributed by atoms with Crippen LogP contribution in [0.2, 0.25) is 0 Å². The van der Waals surface area contributed by atoms with Crippen LogP contribution < -0.4 is 10.1 Å². The summed E-state index contributed by atoms with van der Waals surface area (Å²) in [5.41, 5.74) is 1.46. The molecule has 1 aromatic carbocycles. The van der Waals surface area contributed by atoms with Crippen LogP contribution in [-0.4, -0.2) is 23.6 Å². The van der Waals surface area contributed by atoms with E-state index >= 15 is 0 Å². The number of hydrogen-bond acceptors (Lipinski definition) is 4. The van der Waals surface area contributed by atoms with Crippen molar-refractivity contribution in [1.82, 2.24) is 15.3 Å². The predicted octanol–water partition coefficient (Wildman–Crippen LogP) is 2.71. The maximum absolute atomic E-state index is 13.6. The van der Waals surface area contributed by atoms with Gasteiger partial charge in [-0.2, -0.15) is 0 Å². The first-order chi connectivity index (χ1) is 9.76. The highest BCUT2D eigenvalue weighted by atomic mass is 19.1. The Hall–Kier alpha value is -2.01. The molecule has 0 radical (unpaired) electrons. The van der Waals surface area contributed by atoms with Gasteiger partial charge in [0.25, 0.3) is 0 Å². The number of halogens is 1. The molecule has 4 nitrogen and oxygen atoms in total. The predicted molar refractivity (Wildman–Crippen MR) is 75.1 cm³/mol. The zero-order chi connectivity index (χ0) is 14.4. The quantitative estimate of drug-likeness (QED) is 0.880. The normalized spacial score (nSPS) is 12.2. The van der Waals surface area contributed by atoms with Gasteiger partial charge in [0.15, 0.2) is 0 Å². The van der Waals surface area contributed by atoms with Gasteiger partial charge in [-0.1, -0.05) is 6.92 Å². The van der Waals surface area contributed by atoms with Crippen LogP contribution >= 0.6 is 0 Å². The van der Waals surface area contributed by atoms with Gasteiger partial charge < -0.3 is 10.1 Å². The molecule has 0 aliphatic rings. The second kappa shape index (κ2) is 6.96. The van der Waals surface area contributed by atoms with Gasteiger partial charge in [0.2, 0.25) is 0 Å². The van der Waals surface area contributed by atoms with Gasteiger partial charge >= 0.3 is 0 Å². The number of rotatable bonds is 6. The maximum atomic E-state index is 13.6. The first kappa shape index (κ1) is 14.4. The number of nitrogens with zero attached hydrogens (tertiary/aromatic N) is 2. The third kappa shape index (κ3) is 3.30. The molecule has 20 heavy (non-hydrogen) atoms. The average Bonchev–Trinajstić information content (AvgIpc) is 2.49. The van der Waals surface area contributed by atoms with Gasteiger partial charge in [-0.3, -0.25) is 9.97 Å². The molecule has 5 heteroatoms. The molecule has 1 unspecified atom stereocenters. The lowest BCUT2D eigenvalue weighted by Gasteiger charge is -2.20. The van der Waals surface area contributed by atoms with Crippen LogP contribution in [-0.2, 0) is 0 Å². The number of aromatic nitrogens is 2. The summed E-state index contributed by atoms with van der Waals surface area (Å²) in [6, 6.07) is 4.24. The van der Waals surface area contributed by atoms with Gasteiger partial charge in [-0.25, -0.2) is 4.39 Å². The minimum Gasteiger partial charge on any atom is -0.496 e. The highest BCUT2D eigenvalue weighted by Crippen LogP contribution is 2.29. The van der Waals surface area contributed by atoms with Gasteiger partial charge in [-0.05, 0) is 31.2 Å². The van der Waals surface area contributed by atoms with E-state index in [9.17, 15) is 4.39 Å². The summed E-state index contributed by atoms with van der Waals surface area (Å²) < 4.78 is 18.9. The Morgan fingerprint density at radius 3 is 2.85 bits per heavy atom. The van der Waals surface area contributed by atoms with Crippen molar-refractivity contribution in [3.63, 3.8) is 0 Å². The number of nitrogens with one attached hydrogen (secondary N) is 1. The summed E-state index contributed by atoms with van der Waals surface area (Å²) in [5, 5.41) is 3.35. The third-order valence-electron chi connectivity index (χ3n) is 2.98. The number of ether oxygens (including phenoxy) is 1. The topological polar surface area (TPSA) is 47.0 Å². The highest BCUT2D eigenvalue weighted by Gasteiger charge is 2.19. The Morgan fingerprint density at radius 2 is 2.20 bits per heavy atom. The van der Waals surface area contributed by atoms with Crippen molar-refractivity contribution in [1.29, 1.82) is 0 Å². The highest BCUT2D eigenvalue weighted by molar-refractivity contribution is 5.40. The van der Waals surface area contributed by atoms with Gasteiger partial charge in [0, 0.05) is 18.0 Å². The second-order valence-corrected chi connectivity index (χ2v) is 4.40. The second-order valence-electron chi connectivity index (χ2n) is 4.40. The summed E-state index contributed by atoms with van der Waals surface area (Å²) in [7, 11) is 1.57. The molecular formula is C15H18FN3O. The van der Waals surface area contributed by atoms with Crippen LogP contribution in [0.15, 0.2) is 36.8 Å². The Bertz CT molecular complexity index is 548. The summed E-state index contributed by atoms with van der Waals surface area (Å²) in [4.78, 5) is 8.39. The van der Waals surface area contributed by atoms with Crippen LogP contribution in [0.25, 0.3) is 0 Å². The van der Waals surface area contributed by atoms with Crippen molar-refractivity contribution in [2.45, 2.75) is 19.4 Å². The van der Waals surface area contributed by atoms with E-state index < -0.39 is 0 Å². The van der Waals surface area contributed by atoms with Gasteiger partial charge in [0.05, 0.1) is 25.0 Å². The zero-order valence-electron chi connectivity index (χ0n) is 11.6. The molecule has 1 aromatic heterocycles. The minimum atomic E-state index is -0.298. The lowest BCUT2D eigenvalue weighted by molar-refractivity contribution is 0.401. The van der Waals surface area contributed by atoms with E-state index in [1.165, 1.54) is 12.1 Å². The van der Waals surface area contributed by atoms with E-state index in [1.54, 1.807) is 31.8 Å². The maximum Gasteiger partial charge on any atom is 0.124 e. The van der Waals surface area contributed by atoms with Crippen molar-refractivity contribution < 1.29 is 9.13 Å². The smallest absolute Gasteiger partial charge is 0.124 e. The minimum absolute atomic E-state index is 0.241. The zero-order valence-corrected chi connectivity index (χ0v) is 11.6. The number of hydrogen-bond donors (Lipinski definition) is 1. The molecule has 2 aromatic rings. The fourth-order valence-corrected chi connectivity index (χ4v) is 2.05. The number of methoxy groups -OCH3 is 1. The van der Waals surface area contributed by atoms with Crippen LogP contribution in [0.1, 0.15) is 30.6 Å². The SMILES string of the molecule is CCCNC(c1cnccn1)c1cc(F)ccc1OC. The van der Waals surface area contributed by atoms with E-state index in [2.05, 4.69) is 22.2 Å². The fourth-order valence-electron chi connectivity index (χ4n) is 2.05. The fraction of sp³-hybridized carbons (Fsp3) is 0.333. The summed E-state index contributed by atoms with van der Waals surface area (Å²) in [5.74, 6) is 0.332. The Morgan fingerprint density at radius 1 is 1.35 bits per heavy atom. The Labute approximate surface area is 118 Å². The molecule has 0 fully saturated rings. The summed E-state index contributed by atoms with van der Waals surface area (Å²) in [6.07, 6.45) is 5.89. The molecular weight excluding hydrogens is 257 g/mol. The Kier molecular flexibility index (Phi) is 5.01. The van der Waals surface area contributed by atoms with E-state index in [4.69, 9.17) is 4.74 Å². The van der Waals surface area contributed by atoms with Gasteiger partial charge in [-0.15, -0.1) is 0 Å². The van der Waals surface area contributed by atoms with E-state index in [0.717, 1.165) is 24.2 Å². The first-order valence-electron chi connectivity index (χ1n) is 6.59. The Balaban J connectivity index is 2.43. The van der Waals surface area contributed by atoms with Crippen LogP contribution in [0, 0.1) is 5.82 Å². The van der Waals surface area contributed by atoms with Crippen molar-refractivity contribution in [3.8, 4) is 5.75 Å². The third-order valence-corrected chi connectivity index (χ3v) is 2.98. The van der Waals surface area contributed by atoms with Crippen molar-refractivity contribution in [3.05, 3.63) is 53.9 Å². The van der Waals surface area contributed by atoms with Crippen LogP contribution in [0.3, 0.4) is 0 Å². The molecule has 0 spiro atoms. The van der Waals surface area contributed by atoms with Gasteiger partial charge in [0.1, 0.15) is 11.6 Å². The number of benzene rings is 1. The molecule has 1 atom stereocenters. The van der Waals surface area contributed by atoms with Crippen molar-refractivity contribution >= 4 is 0 Å². The van der Waals surface area contributed by atoms with E-state index in [0.29, 0.717) is 5.75 Å². The largest absolute Gasteiger partial charge is 0.496 e. The molecule has 0 aliphatic carbocycles. The van der Waals surface area contributed by atoms with Crippen LogP contribution in [0.5, 0.6) is 5.75 Å². The van der Waals surface area contributed by atoms with Crippen molar-refractivity contribution in [2.24, 2.45) is 0 Å². The van der Waals surface area contributed by atoms with Crippen molar-refractivity contribution in [2.75, 3.05) is 13.7 Å². The molecule has 106 valence electrons. The molecule has 0 bridgehead atoms. The van der Waals surface area contributed by atoms with Crippen LogP contribution in [0.4, 0.5) is 4.39 Å². The van der Waals surface area contributed by atoms with E-state index in [1.807, 2.05) is 0 Å². The van der Waals surface area contributed by atoms with E-state index in [-0.39, 0.29) is 11.9 Å². The molecule has 0 amide bonds. The summed E-state index contributed by atoms with van der Waals surface area (Å²) in [6.45, 7) is 2.87. The first-order valence-corrected chi connectivity index (χ1v) is 6.59. The lowest BCUT2D eigenvalue weighted by atomic mass is 10.0.